The third kappa shape index (κ3) is 3.37. The third-order valence-corrected chi connectivity index (χ3v) is 3.53. The molecular weight excluding hydrogens is 258 g/mol. The van der Waals surface area contributed by atoms with E-state index < -0.39 is 0 Å². The van der Waals surface area contributed by atoms with E-state index in [9.17, 15) is 0 Å². The normalized spacial score (nSPS) is 25.1. The molecule has 1 fully saturated rings. The standard InChI is InChI=1S/C14H25N3O3/c1-6-19-11(14(2,3)4)12-16-13(20-17-12)10-7-9(18-5)8-15-10/h9-11,15H,6-8H2,1-5H3. The molecule has 0 saturated carbocycles. The zero-order valence-electron chi connectivity index (χ0n) is 13.0. The Kier molecular flexibility index (Phi) is 4.78. The maximum atomic E-state index is 5.78. The Morgan fingerprint density at radius 2 is 2.20 bits per heavy atom. The third-order valence-electron chi connectivity index (χ3n) is 3.53. The second-order valence-corrected chi connectivity index (χ2v) is 6.25. The lowest BCUT2D eigenvalue weighted by Crippen LogP contribution is -2.23. The summed E-state index contributed by atoms with van der Waals surface area (Å²) in [5.41, 5.74) is -0.0741. The predicted molar refractivity (Wildman–Crippen MR) is 74.3 cm³/mol. The number of rotatable bonds is 5. The van der Waals surface area contributed by atoms with Crippen LogP contribution < -0.4 is 5.32 Å². The van der Waals surface area contributed by atoms with Crippen LogP contribution in [0.25, 0.3) is 0 Å². The van der Waals surface area contributed by atoms with Gasteiger partial charge >= 0.3 is 0 Å². The molecule has 1 aliphatic rings. The molecule has 0 amide bonds. The minimum Gasteiger partial charge on any atom is -0.380 e. The molecule has 1 aromatic heterocycles. The van der Waals surface area contributed by atoms with Gasteiger partial charge in [0.15, 0.2) is 0 Å². The van der Waals surface area contributed by atoms with Crippen LogP contribution in [0.5, 0.6) is 0 Å². The average molecular weight is 283 g/mol. The van der Waals surface area contributed by atoms with Gasteiger partial charge in [0.05, 0.1) is 12.1 Å². The van der Waals surface area contributed by atoms with Crippen LogP contribution in [0.2, 0.25) is 0 Å². The van der Waals surface area contributed by atoms with E-state index in [4.69, 9.17) is 14.0 Å². The van der Waals surface area contributed by atoms with Crippen molar-refractivity contribution in [3.8, 4) is 0 Å². The number of hydrogen-bond acceptors (Lipinski definition) is 6. The van der Waals surface area contributed by atoms with Gasteiger partial charge in [0.2, 0.25) is 11.7 Å². The van der Waals surface area contributed by atoms with Gasteiger partial charge < -0.3 is 19.3 Å². The molecule has 6 heteroatoms. The van der Waals surface area contributed by atoms with Crippen molar-refractivity contribution in [2.75, 3.05) is 20.3 Å². The van der Waals surface area contributed by atoms with Gasteiger partial charge in [-0.1, -0.05) is 25.9 Å². The number of ether oxygens (including phenoxy) is 2. The first-order chi connectivity index (χ1) is 9.45. The number of methoxy groups -OCH3 is 1. The van der Waals surface area contributed by atoms with Gasteiger partial charge in [-0.05, 0) is 18.8 Å². The molecule has 0 spiro atoms. The lowest BCUT2D eigenvalue weighted by molar-refractivity contribution is -0.0203. The maximum absolute atomic E-state index is 5.78. The highest BCUT2D eigenvalue weighted by atomic mass is 16.5. The SMILES string of the molecule is CCOC(c1noc(C2CC(OC)CN2)n1)C(C)(C)C. The Morgan fingerprint density at radius 1 is 1.45 bits per heavy atom. The second kappa shape index (κ2) is 6.20. The molecule has 3 atom stereocenters. The number of nitrogens with zero attached hydrogens (tertiary/aromatic N) is 2. The predicted octanol–water partition coefficient (Wildman–Crippen LogP) is 2.24. The smallest absolute Gasteiger partial charge is 0.243 e. The van der Waals surface area contributed by atoms with E-state index in [1.54, 1.807) is 7.11 Å². The molecule has 3 unspecified atom stereocenters. The van der Waals surface area contributed by atoms with E-state index >= 15 is 0 Å². The number of aromatic nitrogens is 2. The van der Waals surface area contributed by atoms with Crippen LogP contribution in [0.15, 0.2) is 4.52 Å². The minimum absolute atomic E-state index is 0.0726. The van der Waals surface area contributed by atoms with E-state index in [0.29, 0.717) is 18.3 Å². The molecule has 0 aliphatic carbocycles. The van der Waals surface area contributed by atoms with E-state index in [-0.39, 0.29) is 23.7 Å². The molecule has 1 N–H and O–H groups in total. The molecule has 0 radical (unpaired) electrons. The van der Waals surface area contributed by atoms with E-state index in [1.807, 2.05) is 6.92 Å². The Bertz CT molecular complexity index is 428. The lowest BCUT2D eigenvalue weighted by atomic mass is 9.88. The second-order valence-electron chi connectivity index (χ2n) is 6.25. The molecule has 20 heavy (non-hydrogen) atoms. The van der Waals surface area contributed by atoms with Crippen molar-refractivity contribution in [1.82, 2.24) is 15.5 Å². The first kappa shape index (κ1) is 15.4. The summed E-state index contributed by atoms with van der Waals surface area (Å²) in [4.78, 5) is 4.53. The van der Waals surface area contributed by atoms with Gasteiger partial charge in [-0.2, -0.15) is 4.98 Å². The molecule has 1 saturated heterocycles. The molecule has 1 aromatic rings. The van der Waals surface area contributed by atoms with Gasteiger partial charge in [-0.15, -0.1) is 0 Å². The van der Waals surface area contributed by atoms with Crippen molar-refractivity contribution in [2.45, 2.75) is 52.4 Å². The first-order valence-electron chi connectivity index (χ1n) is 7.17. The van der Waals surface area contributed by atoms with Crippen LogP contribution in [-0.4, -0.2) is 36.5 Å². The van der Waals surface area contributed by atoms with E-state index in [0.717, 1.165) is 13.0 Å². The molecule has 114 valence electrons. The summed E-state index contributed by atoms with van der Waals surface area (Å²) in [6, 6.07) is 0.0726. The van der Waals surface area contributed by atoms with Crippen LogP contribution in [0.4, 0.5) is 0 Å². The Balaban J connectivity index is 2.11. The quantitative estimate of drug-likeness (QED) is 0.893. The minimum atomic E-state index is -0.162. The van der Waals surface area contributed by atoms with Crippen LogP contribution in [-0.2, 0) is 9.47 Å². The van der Waals surface area contributed by atoms with Crippen molar-refractivity contribution < 1.29 is 14.0 Å². The Hall–Kier alpha value is -0.980. The summed E-state index contributed by atoms with van der Waals surface area (Å²) in [6.45, 7) is 9.74. The highest BCUT2D eigenvalue weighted by molar-refractivity contribution is 5.01. The van der Waals surface area contributed by atoms with Gasteiger partial charge in [0, 0.05) is 20.3 Å². The Morgan fingerprint density at radius 3 is 2.75 bits per heavy atom. The molecular formula is C14H25N3O3. The van der Waals surface area contributed by atoms with Crippen molar-refractivity contribution in [2.24, 2.45) is 5.41 Å². The van der Waals surface area contributed by atoms with Crippen molar-refractivity contribution in [3.63, 3.8) is 0 Å². The van der Waals surface area contributed by atoms with Crippen LogP contribution in [0.3, 0.4) is 0 Å². The largest absolute Gasteiger partial charge is 0.380 e. The van der Waals surface area contributed by atoms with Crippen LogP contribution in [0.1, 0.15) is 58.0 Å². The lowest BCUT2D eigenvalue weighted by Gasteiger charge is -2.27. The van der Waals surface area contributed by atoms with Crippen LogP contribution in [0, 0.1) is 5.41 Å². The van der Waals surface area contributed by atoms with E-state index in [1.165, 1.54) is 0 Å². The monoisotopic (exact) mass is 283 g/mol. The molecule has 6 nitrogen and oxygen atoms in total. The van der Waals surface area contributed by atoms with Crippen molar-refractivity contribution in [3.05, 3.63) is 11.7 Å². The summed E-state index contributed by atoms with van der Waals surface area (Å²) >= 11 is 0. The molecule has 2 heterocycles. The molecule has 0 aromatic carbocycles. The summed E-state index contributed by atoms with van der Waals surface area (Å²) in [5, 5.41) is 7.44. The topological polar surface area (TPSA) is 69.4 Å². The first-order valence-corrected chi connectivity index (χ1v) is 7.17. The molecule has 1 aliphatic heterocycles. The average Bonchev–Trinajstić information content (AvgIpc) is 3.02. The van der Waals surface area contributed by atoms with Crippen LogP contribution >= 0.6 is 0 Å². The summed E-state index contributed by atoms with van der Waals surface area (Å²) in [5.74, 6) is 1.24. The summed E-state index contributed by atoms with van der Waals surface area (Å²) in [6.07, 6.45) is 0.901. The highest BCUT2D eigenvalue weighted by Gasteiger charge is 2.34. The van der Waals surface area contributed by atoms with Gasteiger partial charge in [0.1, 0.15) is 6.10 Å². The fourth-order valence-electron chi connectivity index (χ4n) is 2.44. The molecule has 2 rings (SSSR count). The van der Waals surface area contributed by atoms with E-state index in [2.05, 4.69) is 36.2 Å². The summed E-state index contributed by atoms with van der Waals surface area (Å²) < 4.78 is 16.5. The number of hydrogen-bond donors (Lipinski definition) is 1. The van der Waals surface area contributed by atoms with Gasteiger partial charge in [-0.25, -0.2) is 0 Å². The number of nitrogens with one attached hydrogen (secondary N) is 1. The highest BCUT2D eigenvalue weighted by Crippen LogP contribution is 2.35. The maximum Gasteiger partial charge on any atom is 0.243 e. The van der Waals surface area contributed by atoms with Gasteiger partial charge in [-0.3, -0.25) is 0 Å². The van der Waals surface area contributed by atoms with Crippen molar-refractivity contribution >= 4 is 0 Å². The fourth-order valence-corrected chi connectivity index (χ4v) is 2.44. The summed E-state index contributed by atoms with van der Waals surface area (Å²) in [7, 11) is 1.72. The van der Waals surface area contributed by atoms with Crippen molar-refractivity contribution in [1.29, 1.82) is 0 Å². The zero-order valence-corrected chi connectivity index (χ0v) is 13.0. The Labute approximate surface area is 120 Å². The van der Waals surface area contributed by atoms with Gasteiger partial charge in [0.25, 0.3) is 0 Å². The molecule has 0 bridgehead atoms. The fraction of sp³-hybridized carbons (Fsp3) is 0.857. The zero-order chi connectivity index (χ0) is 14.8.